The van der Waals surface area contributed by atoms with Crippen molar-refractivity contribution in [1.82, 2.24) is 4.98 Å². The maximum Gasteiger partial charge on any atom is 0.306 e. The van der Waals surface area contributed by atoms with Crippen molar-refractivity contribution in [3.8, 4) is 5.75 Å². The first-order chi connectivity index (χ1) is 8.53. The second-order valence-electron chi connectivity index (χ2n) is 3.92. The molecule has 6 heteroatoms. The molecule has 0 saturated carbocycles. The van der Waals surface area contributed by atoms with Crippen molar-refractivity contribution in [2.24, 2.45) is 0 Å². The van der Waals surface area contributed by atoms with Gasteiger partial charge in [0.15, 0.2) is 0 Å². The number of aromatic nitrogens is 1. The zero-order valence-electron chi connectivity index (χ0n) is 9.45. The summed E-state index contributed by atoms with van der Waals surface area (Å²) in [4.78, 5) is 4.32. The topological polar surface area (TPSA) is 56.3 Å². The van der Waals surface area contributed by atoms with Gasteiger partial charge in [0.05, 0.1) is 16.5 Å². The van der Waals surface area contributed by atoms with Gasteiger partial charge in [-0.25, -0.2) is 0 Å². The van der Waals surface area contributed by atoms with Crippen molar-refractivity contribution in [2.75, 3.05) is 6.26 Å². The van der Waals surface area contributed by atoms with Crippen LogP contribution in [0.15, 0.2) is 35.8 Å². The normalized spacial score (nSPS) is 12.1. The van der Waals surface area contributed by atoms with Crippen LogP contribution in [0.5, 0.6) is 5.75 Å². The molecule has 0 saturated heterocycles. The van der Waals surface area contributed by atoms with Gasteiger partial charge in [-0.3, -0.25) is 4.98 Å². The first-order valence-electron chi connectivity index (χ1n) is 5.18. The highest BCUT2D eigenvalue weighted by atomic mass is 32.2. The van der Waals surface area contributed by atoms with Crippen LogP contribution in [0, 0.1) is 0 Å². The summed E-state index contributed by atoms with van der Waals surface area (Å²) < 4.78 is 28.2. The van der Waals surface area contributed by atoms with Crippen LogP contribution in [-0.2, 0) is 10.1 Å². The quantitative estimate of drug-likeness (QED) is 0.677. The number of fused-ring (bicyclic) bond motifs is 3. The number of nitrogens with zero attached hydrogens (tertiary/aromatic N) is 1. The van der Waals surface area contributed by atoms with Crippen LogP contribution in [-0.4, -0.2) is 19.7 Å². The molecule has 92 valence electrons. The molecule has 0 aliphatic rings. The molecule has 1 aromatic carbocycles. The minimum Gasteiger partial charge on any atom is -0.383 e. The summed E-state index contributed by atoms with van der Waals surface area (Å²) in [5.41, 5.74) is 0.821. The number of rotatable bonds is 2. The van der Waals surface area contributed by atoms with E-state index in [-0.39, 0.29) is 0 Å². The number of benzene rings is 1. The van der Waals surface area contributed by atoms with Crippen molar-refractivity contribution >= 4 is 42.4 Å². The number of hydrogen-bond acceptors (Lipinski definition) is 5. The Morgan fingerprint density at radius 1 is 1.22 bits per heavy atom. The third kappa shape index (κ3) is 2.04. The molecule has 0 aliphatic carbocycles. The second kappa shape index (κ2) is 3.93. The lowest BCUT2D eigenvalue weighted by molar-refractivity contribution is 0.493. The van der Waals surface area contributed by atoms with Crippen LogP contribution in [0.25, 0.3) is 21.0 Å². The van der Waals surface area contributed by atoms with E-state index in [4.69, 9.17) is 4.18 Å². The van der Waals surface area contributed by atoms with E-state index in [0.717, 1.165) is 27.2 Å². The standard InChI is InChI=1S/C12H9NO3S2/c1-18(14,15)16-8-2-3-11-10(6-8)9-4-5-17-12(9)7-13-11/h2-7H,1H3. The van der Waals surface area contributed by atoms with Crippen LogP contribution in [0.1, 0.15) is 0 Å². The molecule has 0 bridgehead atoms. The van der Waals surface area contributed by atoms with Crippen molar-refractivity contribution in [3.63, 3.8) is 0 Å². The molecule has 0 radical (unpaired) electrons. The molecule has 0 aliphatic heterocycles. The Bertz CT molecular complexity index is 837. The molecular formula is C12H9NO3S2. The summed E-state index contributed by atoms with van der Waals surface area (Å²) in [5.74, 6) is 0.311. The minimum atomic E-state index is -3.50. The Labute approximate surface area is 108 Å². The Morgan fingerprint density at radius 3 is 2.83 bits per heavy atom. The van der Waals surface area contributed by atoms with Crippen molar-refractivity contribution in [2.45, 2.75) is 0 Å². The van der Waals surface area contributed by atoms with Gasteiger partial charge in [0.1, 0.15) is 5.75 Å². The maximum atomic E-state index is 11.1. The molecule has 0 amide bonds. The SMILES string of the molecule is CS(=O)(=O)Oc1ccc2ncc3sccc3c2c1. The molecule has 0 unspecified atom stereocenters. The lowest BCUT2D eigenvalue weighted by Crippen LogP contribution is -2.05. The fraction of sp³-hybridized carbons (Fsp3) is 0.0833. The molecule has 0 N–H and O–H groups in total. The molecule has 3 rings (SSSR count). The smallest absolute Gasteiger partial charge is 0.306 e. The van der Waals surface area contributed by atoms with Crippen LogP contribution >= 0.6 is 11.3 Å². The predicted molar refractivity (Wildman–Crippen MR) is 72.6 cm³/mol. The van der Waals surface area contributed by atoms with Crippen molar-refractivity contribution in [3.05, 3.63) is 35.8 Å². The van der Waals surface area contributed by atoms with Crippen LogP contribution in [0.2, 0.25) is 0 Å². The van der Waals surface area contributed by atoms with E-state index in [2.05, 4.69) is 4.98 Å². The molecule has 0 spiro atoms. The van der Waals surface area contributed by atoms with Gasteiger partial charge in [0.25, 0.3) is 0 Å². The van der Waals surface area contributed by atoms with Gasteiger partial charge in [-0.15, -0.1) is 11.3 Å². The molecule has 4 nitrogen and oxygen atoms in total. The summed E-state index contributed by atoms with van der Waals surface area (Å²) in [6.07, 6.45) is 2.85. The predicted octanol–water partition coefficient (Wildman–Crippen LogP) is 2.79. The molecular weight excluding hydrogens is 270 g/mol. The van der Waals surface area contributed by atoms with E-state index in [1.807, 2.05) is 17.6 Å². The Hall–Kier alpha value is -1.66. The van der Waals surface area contributed by atoms with Crippen molar-refractivity contribution in [1.29, 1.82) is 0 Å². The summed E-state index contributed by atoms with van der Waals surface area (Å²) in [7, 11) is -3.50. The van der Waals surface area contributed by atoms with Crippen LogP contribution in [0.3, 0.4) is 0 Å². The van der Waals surface area contributed by atoms with Crippen LogP contribution < -0.4 is 4.18 Å². The average Bonchev–Trinajstić information content (AvgIpc) is 2.75. The molecule has 0 atom stereocenters. The van der Waals surface area contributed by atoms with E-state index in [1.165, 1.54) is 0 Å². The first kappa shape index (κ1) is 11.4. The summed E-state index contributed by atoms with van der Waals surface area (Å²) in [6, 6.07) is 7.06. The van der Waals surface area contributed by atoms with Crippen molar-refractivity contribution < 1.29 is 12.6 Å². The number of thiophene rings is 1. The third-order valence-corrected chi connectivity index (χ3v) is 3.87. The van der Waals surface area contributed by atoms with Gasteiger partial charge in [-0.05, 0) is 29.6 Å². The Kier molecular flexibility index (Phi) is 2.49. The number of hydrogen-bond donors (Lipinski definition) is 0. The van der Waals surface area contributed by atoms with E-state index in [9.17, 15) is 8.42 Å². The zero-order valence-corrected chi connectivity index (χ0v) is 11.1. The van der Waals surface area contributed by atoms with Gasteiger partial charge in [0, 0.05) is 17.0 Å². The first-order valence-corrected chi connectivity index (χ1v) is 7.88. The molecule has 3 aromatic rings. The lowest BCUT2D eigenvalue weighted by Gasteiger charge is -2.04. The van der Waals surface area contributed by atoms with E-state index in [1.54, 1.807) is 29.5 Å². The summed E-state index contributed by atoms with van der Waals surface area (Å²) >= 11 is 1.60. The van der Waals surface area contributed by atoms with E-state index >= 15 is 0 Å². The maximum absolute atomic E-state index is 11.1. The molecule has 2 heterocycles. The van der Waals surface area contributed by atoms with Gasteiger partial charge in [-0.1, -0.05) is 0 Å². The Morgan fingerprint density at radius 2 is 2.06 bits per heavy atom. The second-order valence-corrected chi connectivity index (χ2v) is 6.45. The monoisotopic (exact) mass is 279 g/mol. The fourth-order valence-electron chi connectivity index (χ4n) is 1.84. The highest BCUT2D eigenvalue weighted by Crippen LogP contribution is 2.30. The van der Waals surface area contributed by atoms with Gasteiger partial charge >= 0.3 is 10.1 Å². The van der Waals surface area contributed by atoms with Crippen LogP contribution in [0.4, 0.5) is 0 Å². The Balaban J connectivity index is 2.26. The molecule has 0 fully saturated rings. The third-order valence-electron chi connectivity index (χ3n) is 2.52. The highest BCUT2D eigenvalue weighted by molar-refractivity contribution is 7.86. The van der Waals surface area contributed by atoms with E-state index in [0.29, 0.717) is 5.75 Å². The van der Waals surface area contributed by atoms with Gasteiger partial charge in [0.2, 0.25) is 0 Å². The summed E-state index contributed by atoms with van der Waals surface area (Å²) in [5, 5.41) is 3.94. The highest BCUT2D eigenvalue weighted by Gasteiger charge is 2.08. The average molecular weight is 279 g/mol. The van der Waals surface area contributed by atoms with Gasteiger partial charge < -0.3 is 4.18 Å². The molecule has 2 aromatic heterocycles. The fourth-order valence-corrected chi connectivity index (χ4v) is 3.06. The molecule has 18 heavy (non-hydrogen) atoms. The van der Waals surface area contributed by atoms with E-state index < -0.39 is 10.1 Å². The lowest BCUT2D eigenvalue weighted by atomic mass is 10.1. The summed E-state index contributed by atoms with van der Waals surface area (Å²) in [6.45, 7) is 0. The van der Waals surface area contributed by atoms with Gasteiger partial charge in [-0.2, -0.15) is 8.42 Å². The zero-order chi connectivity index (χ0) is 12.8. The largest absolute Gasteiger partial charge is 0.383 e. The minimum absolute atomic E-state index is 0.311. The number of pyridine rings is 1.